The number of hydrogen-bond donors (Lipinski definition) is 0. The van der Waals surface area contributed by atoms with E-state index in [0.717, 1.165) is 19.3 Å². The van der Waals surface area contributed by atoms with Gasteiger partial charge in [0.25, 0.3) is 0 Å². The second kappa shape index (κ2) is 8.32. The van der Waals surface area contributed by atoms with E-state index in [1.807, 2.05) is 6.08 Å². The van der Waals surface area contributed by atoms with Gasteiger partial charge >= 0.3 is 0 Å². The summed E-state index contributed by atoms with van der Waals surface area (Å²) < 4.78 is 0. The lowest BCUT2D eigenvalue weighted by molar-refractivity contribution is 0.826. The van der Waals surface area contributed by atoms with Gasteiger partial charge in [-0.1, -0.05) is 44.2 Å². The van der Waals surface area contributed by atoms with E-state index in [0.29, 0.717) is 5.92 Å². The molecule has 0 aromatic heterocycles. The van der Waals surface area contributed by atoms with Crippen LogP contribution < -0.4 is 0 Å². The van der Waals surface area contributed by atoms with Crippen LogP contribution in [0.1, 0.15) is 33.1 Å². The van der Waals surface area contributed by atoms with Gasteiger partial charge in [0.1, 0.15) is 0 Å². The predicted octanol–water partition coefficient (Wildman–Crippen LogP) is 4.11. The van der Waals surface area contributed by atoms with Gasteiger partial charge in [0, 0.05) is 0 Å². The zero-order valence-electron chi connectivity index (χ0n) is 8.29. The zero-order chi connectivity index (χ0) is 9.23. The SMILES string of the molecule is C=CC(C=CCC)CC=CCC. The molecule has 0 heteroatoms. The summed E-state index contributed by atoms with van der Waals surface area (Å²) in [6, 6.07) is 0. The molecule has 0 N–H and O–H groups in total. The molecule has 0 bridgehead atoms. The summed E-state index contributed by atoms with van der Waals surface area (Å²) >= 11 is 0. The molecule has 0 heterocycles. The van der Waals surface area contributed by atoms with Gasteiger partial charge in [-0.15, -0.1) is 6.58 Å². The number of rotatable bonds is 6. The highest BCUT2D eigenvalue weighted by molar-refractivity contribution is 5.00. The van der Waals surface area contributed by atoms with Crippen molar-refractivity contribution in [3.05, 3.63) is 37.0 Å². The van der Waals surface area contributed by atoms with E-state index >= 15 is 0 Å². The lowest BCUT2D eigenvalue weighted by Gasteiger charge is -2.01. The summed E-state index contributed by atoms with van der Waals surface area (Å²) in [6.07, 6.45) is 14.2. The number of hydrogen-bond acceptors (Lipinski definition) is 0. The molecule has 0 spiro atoms. The van der Waals surface area contributed by atoms with Crippen molar-refractivity contribution >= 4 is 0 Å². The minimum Gasteiger partial charge on any atom is -0.102 e. The molecular formula is C12H20. The quantitative estimate of drug-likeness (QED) is 0.518. The monoisotopic (exact) mass is 164 g/mol. The molecule has 12 heavy (non-hydrogen) atoms. The molecule has 0 nitrogen and oxygen atoms in total. The fourth-order valence-electron chi connectivity index (χ4n) is 0.984. The van der Waals surface area contributed by atoms with E-state index in [1.54, 1.807) is 0 Å². The second-order valence-electron chi connectivity index (χ2n) is 2.85. The molecule has 0 fully saturated rings. The Morgan fingerprint density at radius 1 is 1.08 bits per heavy atom. The fraction of sp³-hybridized carbons (Fsp3) is 0.500. The van der Waals surface area contributed by atoms with E-state index < -0.39 is 0 Å². The minimum absolute atomic E-state index is 0.521. The van der Waals surface area contributed by atoms with E-state index in [-0.39, 0.29) is 0 Å². The molecule has 0 radical (unpaired) electrons. The molecule has 1 unspecified atom stereocenters. The van der Waals surface area contributed by atoms with Crippen LogP contribution >= 0.6 is 0 Å². The Balaban J connectivity index is 3.74. The first kappa shape index (κ1) is 11.2. The average molecular weight is 164 g/mol. The first-order chi connectivity index (χ1) is 5.85. The summed E-state index contributed by atoms with van der Waals surface area (Å²) in [7, 11) is 0. The lowest BCUT2D eigenvalue weighted by atomic mass is 10.0. The first-order valence-corrected chi connectivity index (χ1v) is 4.79. The van der Waals surface area contributed by atoms with Crippen LogP contribution in [0.2, 0.25) is 0 Å². The third kappa shape index (κ3) is 5.96. The fourth-order valence-corrected chi connectivity index (χ4v) is 0.984. The van der Waals surface area contributed by atoms with E-state index in [9.17, 15) is 0 Å². The second-order valence-corrected chi connectivity index (χ2v) is 2.85. The number of allylic oxidation sites excluding steroid dienone is 5. The third-order valence-electron chi connectivity index (χ3n) is 1.73. The normalized spacial score (nSPS) is 14.2. The third-order valence-corrected chi connectivity index (χ3v) is 1.73. The Bertz CT molecular complexity index is 151. The Morgan fingerprint density at radius 3 is 2.25 bits per heavy atom. The summed E-state index contributed by atoms with van der Waals surface area (Å²) in [6.45, 7) is 8.11. The van der Waals surface area contributed by atoms with Crippen LogP contribution in [0.4, 0.5) is 0 Å². The van der Waals surface area contributed by atoms with E-state index in [4.69, 9.17) is 0 Å². The van der Waals surface area contributed by atoms with Gasteiger partial charge in [0.05, 0.1) is 0 Å². The average Bonchev–Trinajstić information content (AvgIpc) is 2.11. The van der Waals surface area contributed by atoms with Gasteiger partial charge in [-0.25, -0.2) is 0 Å². The van der Waals surface area contributed by atoms with Crippen molar-refractivity contribution in [3.63, 3.8) is 0 Å². The van der Waals surface area contributed by atoms with Crippen molar-refractivity contribution < 1.29 is 0 Å². The highest BCUT2D eigenvalue weighted by Gasteiger charge is 1.93. The van der Waals surface area contributed by atoms with Gasteiger partial charge in [0.2, 0.25) is 0 Å². The van der Waals surface area contributed by atoms with Crippen molar-refractivity contribution in [2.45, 2.75) is 33.1 Å². The predicted molar refractivity (Wildman–Crippen MR) is 57.2 cm³/mol. The first-order valence-electron chi connectivity index (χ1n) is 4.79. The topological polar surface area (TPSA) is 0 Å². The maximum absolute atomic E-state index is 3.81. The summed E-state index contributed by atoms with van der Waals surface area (Å²) in [4.78, 5) is 0. The standard InChI is InChI=1S/C12H20/c1-4-7-9-11-12(6-3)10-8-5-2/h6-10,12H,3-5,11H2,1-2H3. The molecule has 0 aromatic carbocycles. The minimum atomic E-state index is 0.521. The summed E-state index contributed by atoms with van der Waals surface area (Å²) in [5, 5.41) is 0. The van der Waals surface area contributed by atoms with Crippen LogP contribution in [0.15, 0.2) is 37.0 Å². The Morgan fingerprint density at radius 2 is 1.75 bits per heavy atom. The van der Waals surface area contributed by atoms with Crippen LogP contribution in [0.5, 0.6) is 0 Å². The molecule has 1 atom stereocenters. The van der Waals surface area contributed by atoms with Gasteiger partial charge < -0.3 is 0 Å². The van der Waals surface area contributed by atoms with Crippen molar-refractivity contribution in [2.24, 2.45) is 5.92 Å². The van der Waals surface area contributed by atoms with E-state index in [1.165, 1.54) is 0 Å². The Hall–Kier alpha value is -0.780. The summed E-state index contributed by atoms with van der Waals surface area (Å²) in [5.41, 5.74) is 0. The molecule has 0 rings (SSSR count). The van der Waals surface area contributed by atoms with Gasteiger partial charge in [0.15, 0.2) is 0 Å². The molecule has 68 valence electrons. The van der Waals surface area contributed by atoms with Gasteiger partial charge in [-0.3, -0.25) is 0 Å². The van der Waals surface area contributed by atoms with Crippen molar-refractivity contribution in [1.29, 1.82) is 0 Å². The maximum atomic E-state index is 3.81. The highest BCUT2D eigenvalue weighted by Crippen LogP contribution is 2.07. The summed E-state index contributed by atoms with van der Waals surface area (Å²) in [5.74, 6) is 0.521. The smallest absolute Gasteiger partial charge is 0.00217 e. The van der Waals surface area contributed by atoms with Gasteiger partial charge in [-0.2, -0.15) is 0 Å². The van der Waals surface area contributed by atoms with Crippen LogP contribution in [0.25, 0.3) is 0 Å². The van der Waals surface area contributed by atoms with Crippen molar-refractivity contribution in [2.75, 3.05) is 0 Å². The molecule has 0 aliphatic rings. The Kier molecular flexibility index (Phi) is 7.78. The molecular weight excluding hydrogens is 144 g/mol. The van der Waals surface area contributed by atoms with Crippen LogP contribution in [0.3, 0.4) is 0 Å². The Labute approximate surface area is 76.7 Å². The molecule has 0 amide bonds. The van der Waals surface area contributed by atoms with E-state index in [2.05, 4.69) is 44.7 Å². The maximum Gasteiger partial charge on any atom is -0.00217 e. The largest absolute Gasteiger partial charge is 0.102 e. The molecule has 0 saturated carbocycles. The highest BCUT2D eigenvalue weighted by atomic mass is 14.0. The van der Waals surface area contributed by atoms with Gasteiger partial charge in [-0.05, 0) is 25.2 Å². The van der Waals surface area contributed by atoms with Crippen LogP contribution in [0, 0.1) is 5.92 Å². The lowest BCUT2D eigenvalue weighted by Crippen LogP contribution is -1.87. The molecule has 0 aliphatic heterocycles. The van der Waals surface area contributed by atoms with Crippen molar-refractivity contribution in [1.82, 2.24) is 0 Å². The zero-order valence-corrected chi connectivity index (χ0v) is 8.29. The van der Waals surface area contributed by atoms with Crippen LogP contribution in [-0.4, -0.2) is 0 Å². The molecule has 0 aromatic rings. The van der Waals surface area contributed by atoms with Crippen molar-refractivity contribution in [3.8, 4) is 0 Å². The molecule has 0 aliphatic carbocycles. The molecule has 0 saturated heterocycles. The van der Waals surface area contributed by atoms with Crippen LogP contribution in [-0.2, 0) is 0 Å².